The van der Waals surface area contributed by atoms with Crippen LogP contribution in [0, 0.1) is 11.6 Å². The third-order valence-electron chi connectivity index (χ3n) is 5.00. The lowest BCUT2D eigenvalue weighted by Crippen LogP contribution is -2.19. The van der Waals surface area contributed by atoms with Gasteiger partial charge in [0.25, 0.3) is 0 Å². The van der Waals surface area contributed by atoms with Gasteiger partial charge in [0.2, 0.25) is 5.91 Å². The molecule has 0 radical (unpaired) electrons. The van der Waals surface area contributed by atoms with Crippen LogP contribution in [0.5, 0.6) is 0 Å². The third-order valence-corrected chi connectivity index (χ3v) is 5.00. The average Bonchev–Trinajstić information content (AvgIpc) is 3.14. The van der Waals surface area contributed by atoms with Gasteiger partial charge in [-0.1, -0.05) is 30.3 Å². The molecule has 0 aliphatic rings. The van der Waals surface area contributed by atoms with E-state index in [-0.39, 0.29) is 18.3 Å². The second kappa shape index (κ2) is 7.60. The Morgan fingerprint density at radius 2 is 1.65 bits per heavy atom. The molecule has 0 atom stereocenters. The lowest BCUT2D eigenvalue weighted by Gasteiger charge is -2.08. The van der Waals surface area contributed by atoms with Gasteiger partial charge in [-0.15, -0.1) is 0 Å². The quantitative estimate of drug-likeness (QED) is 0.441. The molecule has 2 heterocycles. The standard InChI is InChI=1S/C24H16F2N4O/c25-16-6-9-18(10-7-16)28-22(31)14-30-24-19-12-17(26)8-11-21(19)27-13-20(24)23(29-30)15-4-2-1-3-5-15/h1-13H,14H2,(H,28,31). The Balaban J connectivity index is 1.63. The molecule has 0 unspecified atom stereocenters. The summed E-state index contributed by atoms with van der Waals surface area (Å²) in [6.07, 6.45) is 1.69. The molecule has 0 saturated carbocycles. The van der Waals surface area contributed by atoms with Crippen LogP contribution < -0.4 is 5.32 Å². The molecule has 0 aliphatic carbocycles. The number of nitrogens with one attached hydrogen (secondary N) is 1. The fourth-order valence-corrected chi connectivity index (χ4v) is 3.62. The van der Waals surface area contributed by atoms with Crippen LogP contribution in [0.2, 0.25) is 0 Å². The maximum absolute atomic E-state index is 14.0. The van der Waals surface area contributed by atoms with E-state index in [0.717, 1.165) is 10.9 Å². The number of anilines is 1. The average molecular weight is 414 g/mol. The molecular formula is C24H16F2N4O. The molecule has 0 saturated heterocycles. The normalized spacial score (nSPS) is 11.2. The van der Waals surface area contributed by atoms with Crippen LogP contribution >= 0.6 is 0 Å². The number of aromatic nitrogens is 3. The Morgan fingerprint density at radius 3 is 2.42 bits per heavy atom. The van der Waals surface area contributed by atoms with E-state index in [2.05, 4.69) is 15.4 Å². The molecule has 3 aromatic carbocycles. The zero-order chi connectivity index (χ0) is 21.4. The van der Waals surface area contributed by atoms with Gasteiger partial charge < -0.3 is 5.32 Å². The minimum Gasteiger partial charge on any atom is -0.324 e. The summed E-state index contributed by atoms with van der Waals surface area (Å²) >= 11 is 0. The van der Waals surface area contributed by atoms with E-state index in [9.17, 15) is 13.6 Å². The fraction of sp³-hybridized carbons (Fsp3) is 0.0417. The highest BCUT2D eigenvalue weighted by molar-refractivity contribution is 6.08. The van der Waals surface area contributed by atoms with Crippen molar-refractivity contribution in [2.24, 2.45) is 0 Å². The smallest absolute Gasteiger partial charge is 0.246 e. The lowest BCUT2D eigenvalue weighted by atomic mass is 10.1. The summed E-state index contributed by atoms with van der Waals surface area (Å²) in [7, 11) is 0. The highest BCUT2D eigenvalue weighted by Gasteiger charge is 2.18. The largest absolute Gasteiger partial charge is 0.324 e. The van der Waals surface area contributed by atoms with Gasteiger partial charge in [0.1, 0.15) is 23.9 Å². The minimum atomic E-state index is -0.397. The number of hydrogen-bond acceptors (Lipinski definition) is 3. The van der Waals surface area contributed by atoms with Crippen LogP contribution in [0.15, 0.2) is 79.0 Å². The lowest BCUT2D eigenvalue weighted by molar-refractivity contribution is -0.116. The zero-order valence-corrected chi connectivity index (χ0v) is 16.2. The van der Waals surface area contributed by atoms with Gasteiger partial charge in [-0.05, 0) is 42.5 Å². The second-order valence-corrected chi connectivity index (χ2v) is 7.11. The number of nitrogens with zero attached hydrogens (tertiary/aromatic N) is 3. The van der Waals surface area contributed by atoms with Crippen LogP contribution in [0.3, 0.4) is 0 Å². The minimum absolute atomic E-state index is 0.101. The highest BCUT2D eigenvalue weighted by atomic mass is 19.1. The molecule has 0 fully saturated rings. The van der Waals surface area contributed by atoms with Crippen LogP contribution in [0.4, 0.5) is 14.5 Å². The Bertz CT molecular complexity index is 1410. The Kier molecular flexibility index (Phi) is 4.63. The van der Waals surface area contributed by atoms with Gasteiger partial charge in [0.15, 0.2) is 0 Å². The number of fused-ring (bicyclic) bond motifs is 3. The Hall–Kier alpha value is -4.13. The summed E-state index contributed by atoms with van der Waals surface area (Å²) in [5.74, 6) is -1.12. The first-order chi connectivity index (χ1) is 15.1. The molecule has 7 heteroatoms. The van der Waals surface area contributed by atoms with Crippen molar-refractivity contribution in [2.45, 2.75) is 6.54 Å². The van der Waals surface area contributed by atoms with E-state index >= 15 is 0 Å². The van der Waals surface area contributed by atoms with Crippen LogP contribution in [0.25, 0.3) is 33.1 Å². The Morgan fingerprint density at radius 1 is 0.903 bits per heavy atom. The molecule has 1 amide bonds. The van der Waals surface area contributed by atoms with Crippen LogP contribution in [0.1, 0.15) is 0 Å². The second-order valence-electron chi connectivity index (χ2n) is 7.11. The number of carbonyl (C=O) groups is 1. The zero-order valence-electron chi connectivity index (χ0n) is 16.2. The number of benzene rings is 3. The number of pyridine rings is 1. The molecule has 1 N–H and O–H groups in total. The third kappa shape index (κ3) is 3.61. The van der Waals surface area contributed by atoms with Crippen molar-refractivity contribution in [3.63, 3.8) is 0 Å². The van der Waals surface area contributed by atoms with E-state index in [4.69, 9.17) is 0 Å². The number of carbonyl (C=O) groups excluding carboxylic acids is 1. The topological polar surface area (TPSA) is 59.8 Å². The van der Waals surface area contributed by atoms with Crippen molar-refractivity contribution >= 4 is 33.4 Å². The number of amides is 1. The van der Waals surface area contributed by atoms with E-state index in [1.807, 2.05) is 30.3 Å². The molecule has 31 heavy (non-hydrogen) atoms. The van der Waals surface area contributed by atoms with E-state index in [1.165, 1.54) is 36.4 Å². The molecule has 0 spiro atoms. The Labute approximate surface area is 176 Å². The SMILES string of the molecule is O=C(Cn1nc(-c2ccccc2)c2cnc3ccc(F)cc3c21)Nc1ccc(F)cc1. The van der Waals surface area contributed by atoms with Crippen LogP contribution in [-0.2, 0) is 11.3 Å². The molecule has 0 bridgehead atoms. The number of rotatable bonds is 4. The molecule has 5 nitrogen and oxygen atoms in total. The predicted octanol–water partition coefficient (Wildman–Crippen LogP) is 5.17. The summed E-state index contributed by atoms with van der Waals surface area (Å²) in [4.78, 5) is 17.2. The monoisotopic (exact) mass is 414 g/mol. The van der Waals surface area contributed by atoms with Crippen LogP contribution in [-0.4, -0.2) is 20.7 Å². The molecule has 2 aromatic heterocycles. The fourth-order valence-electron chi connectivity index (χ4n) is 3.62. The first kappa shape index (κ1) is 18.9. The van der Waals surface area contributed by atoms with Gasteiger partial charge in [0, 0.05) is 28.2 Å². The molecule has 152 valence electrons. The number of halogens is 2. The molecule has 5 aromatic rings. The summed E-state index contributed by atoms with van der Waals surface area (Å²) < 4.78 is 28.7. The maximum Gasteiger partial charge on any atom is 0.246 e. The first-order valence-electron chi connectivity index (χ1n) is 9.64. The van der Waals surface area contributed by atoms with E-state index in [1.54, 1.807) is 16.9 Å². The highest BCUT2D eigenvalue weighted by Crippen LogP contribution is 2.32. The van der Waals surface area contributed by atoms with E-state index < -0.39 is 5.82 Å². The first-order valence-corrected chi connectivity index (χ1v) is 9.64. The number of hydrogen-bond donors (Lipinski definition) is 1. The van der Waals surface area contributed by atoms with Crippen molar-refractivity contribution in [2.75, 3.05) is 5.32 Å². The van der Waals surface area contributed by atoms with Crippen molar-refractivity contribution in [1.29, 1.82) is 0 Å². The van der Waals surface area contributed by atoms with Crippen molar-refractivity contribution < 1.29 is 13.6 Å². The van der Waals surface area contributed by atoms with Gasteiger partial charge >= 0.3 is 0 Å². The van der Waals surface area contributed by atoms with Gasteiger partial charge in [-0.2, -0.15) is 5.10 Å². The van der Waals surface area contributed by atoms with Crippen molar-refractivity contribution in [1.82, 2.24) is 14.8 Å². The summed E-state index contributed by atoms with van der Waals surface area (Å²) in [5, 5.41) is 8.70. The van der Waals surface area contributed by atoms with Gasteiger partial charge in [-0.3, -0.25) is 14.5 Å². The summed E-state index contributed by atoms with van der Waals surface area (Å²) in [6, 6.07) is 19.4. The van der Waals surface area contributed by atoms with Crippen molar-refractivity contribution in [3.8, 4) is 11.3 Å². The predicted molar refractivity (Wildman–Crippen MR) is 115 cm³/mol. The molecule has 5 rings (SSSR count). The van der Waals surface area contributed by atoms with E-state index in [0.29, 0.717) is 27.8 Å². The van der Waals surface area contributed by atoms with Gasteiger partial charge in [0.05, 0.1) is 11.0 Å². The maximum atomic E-state index is 14.0. The van der Waals surface area contributed by atoms with Gasteiger partial charge in [-0.25, -0.2) is 8.78 Å². The summed E-state index contributed by atoms with van der Waals surface area (Å²) in [5.41, 5.74) is 3.22. The van der Waals surface area contributed by atoms with Crippen molar-refractivity contribution in [3.05, 3.63) is 90.6 Å². The molecular weight excluding hydrogens is 398 g/mol. The molecule has 0 aliphatic heterocycles. The summed E-state index contributed by atoms with van der Waals surface area (Å²) in [6.45, 7) is -0.101.